The molecule has 3 nitrogen and oxygen atoms in total. The molecule has 3 rings (SSSR count). The number of benzene rings is 1. The molecular weight excluding hydrogens is 282 g/mol. The van der Waals surface area contributed by atoms with Gasteiger partial charge in [0.2, 0.25) is 0 Å². The molecular formula is C13H14BrNO2. The summed E-state index contributed by atoms with van der Waals surface area (Å²) in [5.41, 5.74) is 0.696. The van der Waals surface area contributed by atoms with Gasteiger partial charge in [-0.2, -0.15) is 0 Å². The summed E-state index contributed by atoms with van der Waals surface area (Å²) in [6, 6.07) is 7.64. The maximum atomic E-state index is 12.0. The number of rotatable bonds is 2. The van der Waals surface area contributed by atoms with E-state index in [2.05, 4.69) is 21.2 Å². The van der Waals surface area contributed by atoms with Crippen molar-refractivity contribution in [3.05, 3.63) is 34.3 Å². The van der Waals surface area contributed by atoms with E-state index in [0.717, 1.165) is 23.7 Å². The van der Waals surface area contributed by atoms with Gasteiger partial charge in [-0.05, 0) is 37.5 Å². The van der Waals surface area contributed by atoms with E-state index >= 15 is 0 Å². The van der Waals surface area contributed by atoms with Crippen LogP contribution in [0.2, 0.25) is 0 Å². The van der Waals surface area contributed by atoms with Crippen molar-refractivity contribution >= 4 is 21.8 Å². The van der Waals surface area contributed by atoms with Gasteiger partial charge >= 0.3 is 0 Å². The monoisotopic (exact) mass is 295 g/mol. The molecule has 4 heteroatoms. The molecule has 2 bridgehead atoms. The molecule has 2 aliphatic heterocycles. The van der Waals surface area contributed by atoms with Crippen LogP contribution < -0.4 is 5.32 Å². The molecule has 17 heavy (non-hydrogen) atoms. The lowest BCUT2D eigenvalue weighted by Gasteiger charge is -2.20. The van der Waals surface area contributed by atoms with E-state index in [1.807, 2.05) is 24.3 Å². The van der Waals surface area contributed by atoms with Crippen LogP contribution in [0.1, 0.15) is 29.6 Å². The second kappa shape index (κ2) is 4.42. The second-order valence-electron chi connectivity index (χ2n) is 4.70. The highest BCUT2D eigenvalue weighted by Gasteiger charge is 2.41. The van der Waals surface area contributed by atoms with Gasteiger partial charge in [0.05, 0.1) is 18.2 Å². The normalized spacial score (nSPS) is 30.5. The van der Waals surface area contributed by atoms with Crippen LogP contribution in [0.3, 0.4) is 0 Å². The van der Waals surface area contributed by atoms with Gasteiger partial charge in [0.1, 0.15) is 0 Å². The van der Waals surface area contributed by atoms with Crippen LogP contribution in [0, 0.1) is 0 Å². The molecule has 3 unspecified atom stereocenters. The third-order valence-corrected chi connectivity index (χ3v) is 4.00. The van der Waals surface area contributed by atoms with Crippen molar-refractivity contribution in [3.8, 4) is 0 Å². The molecule has 0 saturated carbocycles. The number of carbonyl (C=O) groups is 1. The molecule has 2 fully saturated rings. The predicted octanol–water partition coefficient (Wildman–Crippen LogP) is 2.50. The molecule has 1 aromatic rings. The van der Waals surface area contributed by atoms with Crippen LogP contribution >= 0.6 is 15.9 Å². The largest absolute Gasteiger partial charge is 0.373 e. The zero-order valence-electron chi connectivity index (χ0n) is 9.36. The summed E-state index contributed by atoms with van der Waals surface area (Å²) < 4.78 is 6.65. The Labute approximate surface area is 109 Å². The number of nitrogens with one attached hydrogen (secondary N) is 1. The lowest BCUT2D eigenvalue weighted by Crippen LogP contribution is -2.41. The maximum absolute atomic E-state index is 12.0. The van der Waals surface area contributed by atoms with E-state index in [4.69, 9.17) is 4.74 Å². The van der Waals surface area contributed by atoms with Crippen molar-refractivity contribution in [3.63, 3.8) is 0 Å². The first-order valence-electron chi connectivity index (χ1n) is 5.94. The zero-order chi connectivity index (χ0) is 11.8. The summed E-state index contributed by atoms with van der Waals surface area (Å²) in [5, 5.41) is 3.07. The zero-order valence-corrected chi connectivity index (χ0v) is 10.9. The molecule has 90 valence electrons. The van der Waals surface area contributed by atoms with Crippen LogP contribution in [0.5, 0.6) is 0 Å². The number of amides is 1. The van der Waals surface area contributed by atoms with Gasteiger partial charge in [-0.25, -0.2) is 0 Å². The van der Waals surface area contributed by atoms with Crippen LogP contribution in [-0.2, 0) is 4.74 Å². The minimum Gasteiger partial charge on any atom is -0.373 e. The molecule has 2 saturated heterocycles. The molecule has 3 atom stereocenters. The minimum atomic E-state index is -0.00699. The van der Waals surface area contributed by atoms with E-state index in [0.29, 0.717) is 11.7 Å². The average molecular weight is 296 g/mol. The van der Waals surface area contributed by atoms with E-state index in [9.17, 15) is 4.79 Å². The number of fused-ring (bicyclic) bond motifs is 2. The van der Waals surface area contributed by atoms with Crippen LogP contribution in [0.15, 0.2) is 28.7 Å². The summed E-state index contributed by atoms with van der Waals surface area (Å²) in [7, 11) is 0. The molecule has 2 heterocycles. The summed E-state index contributed by atoms with van der Waals surface area (Å²) in [6.45, 7) is 0. The standard InChI is InChI=1S/C13H14BrNO2/c14-9-3-1-2-8(6-9)13(16)15-11-7-10-4-5-12(11)17-10/h1-3,6,10-12H,4-5,7H2,(H,15,16). The van der Waals surface area contributed by atoms with Crippen molar-refractivity contribution in [2.75, 3.05) is 0 Å². The molecule has 1 N–H and O–H groups in total. The Morgan fingerprint density at radius 1 is 1.41 bits per heavy atom. The fourth-order valence-corrected chi connectivity index (χ4v) is 3.07. The van der Waals surface area contributed by atoms with Crippen LogP contribution in [-0.4, -0.2) is 24.2 Å². The number of hydrogen-bond acceptors (Lipinski definition) is 2. The van der Waals surface area contributed by atoms with E-state index in [1.54, 1.807) is 0 Å². The Morgan fingerprint density at radius 2 is 2.29 bits per heavy atom. The summed E-state index contributed by atoms with van der Waals surface area (Å²) in [6.07, 6.45) is 3.79. The number of halogens is 1. The van der Waals surface area contributed by atoms with Gasteiger partial charge < -0.3 is 10.1 Å². The molecule has 1 amide bonds. The Morgan fingerprint density at radius 3 is 2.94 bits per heavy atom. The quantitative estimate of drug-likeness (QED) is 0.910. The molecule has 0 spiro atoms. The maximum Gasteiger partial charge on any atom is 0.251 e. The average Bonchev–Trinajstić information content (AvgIpc) is 2.91. The third kappa shape index (κ3) is 2.24. The van der Waals surface area contributed by atoms with Gasteiger partial charge in [-0.3, -0.25) is 4.79 Å². The lowest BCUT2D eigenvalue weighted by atomic mass is 9.95. The SMILES string of the molecule is O=C(NC1CC2CCC1O2)c1cccc(Br)c1. The minimum absolute atomic E-state index is 0.00699. The highest BCUT2D eigenvalue weighted by Crippen LogP contribution is 2.34. The van der Waals surface area contributed by atoms with Gasteiger partial charge in [0.15, 0.2) is 0 Å². The molecule has 0 aromatic heterocycles. The van der Waals surface area contributed by atoms with Gasteiger partial charge in [-0.15, -0.1) is 0 Å². The molecule has 0 radical (unpaired) electrons. The van der Waals surface area contributed by atoms with Gasteiger partial charge in [0.25, 0.3) is 5.91 Å². The van der Waals surface area contributed by atoms with Crippen LogP contribution in [0.4, 0.5) is 0 Å². The number of ether oxygens (including phenoxy) is 1. The first-order valence-corrected chi connectivity index (χ1v) is 6.73. The molecule has 0 aliphatic carbocycles. The number of hydrogen-bond donors (Lipinski definition) is 1. The highest BCUT2D eigenvalue weighted by atomic mass is 79.9. The van der Waals surface area contributed by atoms with Crippen molar-refractivity contribution in [1.82, 2.24) is 5.32 Å². The summed E-state index contributed by atoms with van der Waals surface area (Å²) in [4.78, 5) is 12.0. The highest BCUT2D eigenvalue weighted by molar-refractivity contribution is 9.10. The van der Waals surface area contributed by atoms with Crippen LogP contribution in [0.25, 0.3) is 0 Å². The molecule has 2 aliphatic rings. The Balaban J connectivity index is 1.68. The fourth-order valence-electron chi connectivity index (χ4n) is 2.67. The first-order chi connectivity index (χ1) is 8.22. The topological polar surface area (TPSA) is 38.3 Å². The first kappa shape index (κ1) is 11.2. The number of carbonyl (C=O) groups excluding carboxylic acids is 1. The Kier molecular flexibility index (Phi) is 2.92. The van der Waals surface area contributed by atoms with E-state index in [1.165, 1.54) is 0 Å². The smallest absolute Gasteiger partial charge is 0.251 e. The van der Waals surface area contributed by atoms with Crippen molar-refractivity contribution < 1.29 is 9.53 Å². The fraction of sp³-hybridized carbons (Fsp3) is 0.462. The summed E-state index contributed by atoms with van der Waals surface area (Å²) >= 11 is 3.37. The van der Waals surface area contributed by atoms with Gasteiger partial charge in [0, 0.05) is 10.0 Å². The van der Waals surface area contributed by atoms with Crippen molar-refractivity contribution in [2.24, 2.45) is 0 Å². The van der Waals surface area contributed by atoms with Gasteiger partial charge in [-0.1, -0.05) is 22.0 Å². The Hall–Kier alpha value is -0.870. The van der Waals surface area contributed by atoms with Crippen molar-refractivity contribution in [1.29, 1.82) is 0 Å². The van der Waals surface area contributed by atoms with E-state index < -0.39 is 0 Å². The van der Waals surface area contributed by atoms with E-state index in [-0.39, 0.29) is 18.1 Å². The second-order valence-corrected chi connectivity index (χ2v) is 5.62. The summed E-state index contributed by atoms with van der Waals surface area (Å²) in [5.74, 6) is -0.00699. The lowest BCUT2D eigenvalue weighted by molar-refractivity contribution is 0.0841. The predicted molar refractivity (Wildman–Crippen MR) is 67.9 cm³/mol. The third-order valence-electron chi connectivity index (χ3n) is 3.51. The van der Waals surface area contributed by atoms with Crippen molar-refractivity contribution in [2.45, 2.75) is 37.5 Å². The molecule has 1 aromatic carbocycles. The Bertz CT molecular complexity index is 449.